The van der Waals surface area contributed by atoms with Crippen molar-refractivity contribution in [2.45, 2.75) is 92.8 Å². The van der Waals surface area contributed by atoms with Crippen molar-refractivity contribution in [3.8, 4) is 23.0 Å². The number of carbonyl (C=O) groups excluding carboxylic acids is 1. The normalized spacial score (nSPS) is 35.6. The minimum Gasteiger partial charge on any atom is -0.504 e. The Labute approximate surface area is 308 Å². The van der Waals surface area contributed by atoms with Crippen molar-refractivity contribution in [2.24, 2.45) is 0 Å². The maximum Gasteiger partial charge on any atom is 0.331 e. The van der Waals surface area contributed by atoms with E-state index in [1.165, 1.54) is 56.5 Å². The van der Waals surface area contributed by atoms with Gasteiger partial charge in [-0.05, 0) is 54.8 Å². The second-order valence-electron chi connectivity index (χ2n) is 13.1. The fourth-order valence-corrected chi connectivity index (χ4v) is 6.02. The molecule has 10 N–H and O–H groups in total. The van der Waals surface area contributed by atoms with Crippen LogP contribution in [0.15, 0.2) is 42.5 Å². The molecule has 0 aromatic heterocycles. The molecule has 0 aliphatic carbocycles. The van der Waals surface area contributed by atoms with Gasteiger partial charge in [0.1, 0.15) is 48.3 Å². The molecule has 0 amide bonds. The number of hydrogen-bond acceptors (Lipinski definition) is 19. The van der Waals surface area contributed by atoms with E-state index in [2.05, 4.69) is 0 Å². The molecular formula is C35H46O19. The van der Waals surface area contributed by atoms with E-state index in [4.69, 9.17) is 37.9 Å². The molecular weight excluding hydrogens is 724 g/mol. The molecule has 13 atom stereocenters. The highest BCUT2D eigenvalue weighted by atomic mass is 16.8. The van der Waals surface area contributed by atoms with Crippen molar-refractivity contribution in [2.75, 3.05) is 33.5 Å². The number of phenols is 3. The quantitative estimate of drug-likeness (QED) is 0.0552. The van der Waals surface area contributed by atoms with E-state index in [0.29, 0.717) is 11.1 Å². The summed E-state index contributed by atoms with van der Waals surface area (Å²) in [7, 11) is 1.34. The Balaban J connectivity index is 1.42. The number of rotatable bonds is 14. The molecule has 19 nitrogen and oxygen atoms in total. The monoisotopic (exact) mass is 770 g/mol. The first-order valence-corrected chi connectivity index (χ1v) is 17.0. The summed E-state index contributed by atoms with van der Waals surface area (Å²) < 4.78 is 45.3. The third-order valence-corrected chi connectivity index (χ3v) is 9.30. The summed E-state index contributed by atoms with van der Waals surface area (Å²) >= 11 is 0. The van der Waals surface area contributed by atoms with E-state index in [1.807, 2.05) is 0 Å². The van der Waals surface area contributed by atoms with Gasteiger partial charge in [-0.3, -0.25) is 0 Å². The van der Waals surface area contributed by atoms with Crippen molar-refractivity contribution < 1.29 is 93.8 Å². The van der Waals surface area contributed by atoms with Crippen molar-refractivity contribution in [1.29, 1.82) is 0 Å². The van der Waals surface area contributed by atoms with Gasteiger partial charge in [-0.25, -0.2) is 4.79 Å². The molecule has 3 saturated heterocycles. The summed E-state index contributed by atoms with van der Waals surface area (Å²) in [5.41, 5.74) is -1.17. The number of esters is 1. The SMILES string of the molecule is COc1cc(/C=C/C(=O)O[C@H]2[C@H](OC3OC[C@](O)(CO)[C@H]3O)[C@@H](O)[C@H](OCCc3ccc(O)c(O)c3)O[C@@H]2CO[C@@H]2OC(C)[C@H](O)[C@H](O)[C@H]2O)ccc1O. The summed E-state index contributed by atoms with van der Waals surface area (Å²) in [4.78, 5) is 13.3. The van der Waals surface area contributed by atoms with Crippen LogP contribution in [0.5, 0.6) is 23.0 Å². The van der Waals surface area contributed by atoms with E-state index in [9.17, 15) is 55.9 Å². The molecule has 19 heteroatoms. The Hall–Kier alpha value is -3.67. The molecule has 0 spiro atoms. The maximum atomic E-state index is 13.3. The predicted octanol–water partition coefficient (Wildman–Crippen LogP) is -2.25. The average Bonchev–Trinajstić information content (AvgIpc) is 3.44. The van der Waals surface area contributed by atoms with Gasteiger partial charge in [0.05, 0.1) is 39.6 Å². The van der Waals surface area contributed by atoms with Crippen LogP contribution in [-0.4, -0.2) is 170 Å². The zero-order valence-electron chi connectivity index (χ0n) is 29.2. The number of ether oxygens (including phenoxy) is 8. The Morgan fingerprint density at radius 2 is 1.59 bits per heavy atom. The number of aliphatic hydroxyl groups is 7. The molecule has 3 aliphatic heterocycles. The minimum absolute atomic E-state index is 0.130. The molecule has 3 fully saturated rings. The van der Waals surface area contributed by atoms with Gasteiger partial charge in [-0.1, -0.05) is 12.1 Å². The van der Waals surface area contributed by atoms with E-state index in [1.54, 1.807) is 0 Å². The number of hydrogen-bond donors (Lipinski definition) is 10. The summed E-state index contributed by atoms with van der Waals surface area (Å²) in [6, 6.07) is 8.38. The van der Waals surface area contributed by atoms with E-state index < -0.39 is 105 Å². The van der Waals surface area contributed by atoms with E-state index >= 15 is 0 Å². The number of phenolic OH excluding ortho intramolecular Hbond substituents is 3. The third kappa shape index (κ3) is 9.40. The molecule has 54 heavy (non-hydrogen) atoms. The number of aliphatic hydroxyl groups excluding tert-OH is 6. The van der Waals surface area contributed by atoms with Crippen LogP contribution in [0, 0.1) is 0 Å². The van der Waals surface area contributed by atoms with Crippen LogP contribution in [0.3, 0.4) is 0 Å². The fourth-order valence-electron chi connectivity index (χ4n) is 6.02. The average molecular weight is 771 g/mol. The number of aromatic hydroxyl groups is 3. The van der Waals surface area contributed by atoms with Crippen LogP contribution in [0.2, 0.25) is 0 Å². The van der Waals surface area contributed by atoms with E-state index in [-0.39, 0.29) is 36.0 Å². The summed E-state index contributed by atoms with van der Waals surface area (Å²) in [5, 5.41) is 103. The van der Waals surface area contributed by atoms with Crippen LogP contribution in [0.25, 0.3) is 6.08 Å². The van der Waals surface area contributed by atoms with E-state index in [0.717, 1.165) is 6.08 Å². The number of benzene rings is 2. The van der Waals surface area contributed by atoms with Gasteiger partial charge in [0.2, 0.25) is 0 Å². The van der Waals surface area contributed by atoms with Crippen molar-refractivity contribution in [1.82, 2.24) is 0 Å². The summed E-state index contributed by atoms with van der Waals surface area (Å²) in [5.74, 6) is -1.72. The van der Waals surface area contributed by atoms with Crippen LogP contribution in [-0.2, 0) is 44.4 Å². The van der Waals surface area contributed by atoms with Crippen LogP contribution >= 0.6 is 0 Å². The van der Waals surface area contributed by atoms with Crippen molar-refractivity contribution in [3.63, 3.8) is 0 Å². The highest BCUT2D eigenvalue weighted by Crippen LogP contribution is 2.34. The standard InChI is InChI=1S/C35H46O19/c1-16-25(41)26(42)27(43)32(51-16)49-13-23-29(53-24(40)8-5-17-4-7-20(38)22(12-17)47-2)30(54-34-31(45)35(46,14-36)15-50-34)28(44)33(52-23)48-10-9-18-3-6-19(37)21(39)11-18/h3-8,11-12,16,23,25-34,36-39,41-46H,9-10,13-15H2,1-2H3/b8-5+/t16?,23-,25+,26+,27-,28-,29-,30-,31+,32-,33-,34?,35-/m1/s1. The van der Waals surface area contributed by atoms with Gasteiger partial charge < -0.3 is 89.0 Å². The minimum atomic E-state index is -2.13. The van der Waals surface area contributed by atoms with Gasteiger partial charge >= 0.3 is 5.97 Å². The lowest BCUT2D eigenvalue weighted by Gasteiger charge is -2.45. The lowest BCUT2D eigenvalue weighted by atomic mass is 9.97. The highest BCUT2D eigenvalue weighted by molar-refractivity contribution is 5.87. The molecule has 0 saturated carbocycles. The van der Waals surface area contributed by atoms with Crippen molar-refractivity contribution in [3.05, 3.63) is 53.6 Å². The molecule has 300 valence electrons. The van der Waals surface area contributed by atoms with Crippen LogP contribution < -0.4 is 4.74 Å². The lowest BCUT2D eigenvalue weighted by Crippen LogP contribution is -2.63. The summed E-state index contributed by atoms with van der Waals surface area (Å²) in [6.07, 6.45) is -16.4. The highest BCUT2D eigenvalue weighted by Gasteiger charge is 2.55. The van der Waals surface area contributed by atoms with Gasteiger partial charge in [-0.15, -0.1) is 0 Å². The first kappa shape index (κ1) is 41.5. The molecule has 5 rings (SSSR count). The second-order valence-corrected chi connectivity index (χ2v) is 13.1. The molecule has 3 heterocycles. The molecule has 3 aliphatic rings. The third-order valence-electron chi connectivity index (χ3n) is 9.30. The molecule has 2 unspecified atom stereocenters. The molecule has 2 aromatic rings. The second kappa shape index (κ2) is 17.9. The Morgan fingerprint density at radius 1 is 0.870 bits per heavy atom. The Kier molecular flexibility index (Phi) is 13.7. The number of methoxy groups -OCH3 is 1. The van der Waals surface area contributed by atoms with Gasteiger partial charge in [0, 0.05) is 6.08 Å². The first-order chi connectivity index (χ1) is 25.6. The summed E-state index contributed by atoms with van der Waals surface area (Å²) in [6.45, 7) is -0.762. The van der Waals surface area contributed by atoms with Gasteiger partial charge in [-0.2, -0.15) is 0 Å². The Morgan fingerprint density at radius 3 is 2.28 bits per heavy atom. The lowest BCUT2D eigenvalue weighted by molar-refractivity contribution is -0.344. The van der Waals surface area contributed by atoms with Crippen LogP contribution in [0.4, 0.5) is 0 Å². The largest absolute Gasteiger partial charge is 0.504 e. The van der Waals surface area contributed by atoms with Gasteiger partial charge in [0.25, 0.3) is 0 Å². The smallest absolute Gasteiger partial charge is 0.331 e. The van der Waals surface area contributed by atoms with Crippen molar-refractivity contribution >= 4 is 12.0 Å². The maximum absolute atomic E-state index is 13.3. The number of carbonyl (C=O) groups is 1. The Bertz CT molecular complexity index is 1590. The molecule has 0 bridgehead atoms. The van der Waals surface area contributed by atoms with Gasteiger partial charge in [0.15, 0.2) is 48.0 Å². The zero-order valence-corrected chi connectivity index (χ0v) is 29.2. The fraction of sp³-hybridized carbons (Fsp3) is 0.571. The molecule has 0 radical (unpaired) electrons. The molecule has 2 aromatic carbocycles. The first-order valence-electron chi connectivity index (χ1n) is 17.0. The zero-order chi connectivity index (χ0) is 39.3. The predicted molar refractivity (Wildman–Crippen MR) is 179 cm³/mol. The topological polar surface area (TPSA) is 293 Å². The van der Waals surface area contributed by atoms with Crippen LogP contribution in [0.1, 0.15) is 18.1 Å².